The van der Waals surface area contributed by atoms with Gasteiger partial charge in [-0.1, -0.05) is 18.2 Å². The molecular formula is C16H19N5. The van der Waals surface area contributed by atoms with Crippen molar-refractivity contribution in [3.05, 3.63) is 48.2 Å². The van der Waals surface area contributed by atoms with Crippen LogP contribution in [0.15, 0.2) is 36.8 Å². The first-order chi connectivity index (χ1) is 10.3. The van der Waals surface area contributed by atoms with Crippen LogP contribution < -0.4 is 5.32 Å². The van der Waals surface area contributed by atoms with E-state index in [1.165, 1.54) is 29.3 Å². The van der Waals surface area contributed by atoms with Gasteiger partial charge in [-0.3, -0.25) is 4.68 Å². The van der Waals surface area contributed by atoms with Crippen LogP contribution in [0.2, 0.25) is 0 Å². The van der Waals surface area contributed by atoms with Gasteiger partial charge in [0, 0.05) is 25.8 Å². The third kappa shape index (κ3) is 2.45. The Morgan fingerprint density at radius 1 is 1.29 bits per heavy atom. The van der Waals surface area contributed by atoms with Crippen LogP contribution in [-0.4, -0.2) is 25.4 Å². The SMILES string of the molecule is Cn1ncnc1Cn1ccc2cccc(CNC3CC3)c21. The minimum atomic E-state index is 0.724. The molecule has 108 valence electrons. The van der Waals surface area contributed by atoms with E-state index in [4.69, 9.17) is 0 Å². The molecule has 1 saturated carbocycles. The average Bonchev–Trinajstić information content (AvgIpc) is 3.11. The van der Waals surface area contributed by atoms with Gasteiger partial charge >= 0.3 is 0 Å². The summed E-state index contributed by atoms with van der Waals surface area (Å²) in [5.41, 5.74) is 2.65. The van der Waals surface area contributed by atoms with Gasteiger partial charge in [-0.25, -0.2) is 4.98 Å². The van der Waals surface area contributed by atoms with E-state index in [1.807, 2.05) is 11.7 Å². The fraction of sp³-hybridized carbons (Fsp3) is 0.375. The van der Waals surface area contributed by atoms with Crippen LogP contribution in [0.1, 0.15) is 24.2 Å². The van der Waals surface area contributed by atoms with Crippen molar-refractivity contribution in [1.82, 2.24) is 24.6 Å². The third-order valence-electron chi connectivity index (χ3n) is 4.15. The molecule has 2 aromatic heterocycles. The molecule has 0 atom stereocenters. The summed E-state index contributed by atoms with van der Waals surface area (Å²) >= 11 is 0. The third-order valence-corrected chi connectivity index (χ3v) is 4.15. The highest BCUT2D eigenvalue weighted by molar-refractivity contribution is 5.83. The molecule has 0 saturated heterocycles. The normalized spacial score (nSPS) is 14.9. The van der Waals surface area contributed by atoms with E-state index in [-0.39, 0.29) is 0 Å². The molecule has 0 aliphatic heterocycles. The predicted molar refractivity (Wildman–Crippen MR) is 81.9 cm³/mol. The van der Waals surface area contributed by atoms with Gasteiger partial charge in [0.15, 0.2) is 0 Å². The van der Waals surface area contributed by atoms with Gasteiger partial charge in [-0.2, -0.15) is 5.10 Å². The molecule has 0 bridgehead atoms. The average molecular weight is 281 g/mol. The Labute approximate surface area is 123 Å². The van der Waals surface area contributed by atoms with Gasteiger partial charge in [-0.15, -0.1) is 0 Å². The van der Waals surface area contributed by atoms with Crippen LogP contribution in [0.25, 0.3) is 10.9 Å². The van der Waals surface area contributed by atoms with Gasteiger partial charge in [0.05, 0.1) is 12.1 Å². The monoisotopic (exact) mass is 281 g/mol. The molecule has 1 aromatic carbocycles. The number of aromatic nitrogens is 4. The summed E-state index contributed by atoms with van der Waals surface area (Å²) in [7, 11) is 1.93. The van der Waals surface area contributed by atoms with E-state index in [1.54, 1.807) is 6.33 Å². The number of nitrogens with one attached hydrogen (secondary N) is 1. The molecule has 2 heterocycles. The molecular weight excluding hydrogens is 262 g/mol. The van der Waals surface area contributed by atoms with Crippen LogP contribution in [0.3, 0.4) is 0 Å². The molecule has 21 heavy (non-hydrogen) atoms. The van der Waals surface area contributed by atoms with Crippen molar-refractivity contribution >= 4 is 10.9 Å². The molecule has 1 aliphatic rings. The summed E-state index contributed by atoms with van der Waals surface area (Å²) in [4.78, 5) is 4.33. The summed E-state index contributed by atoms with van der Waals surface area (Å²) in [6.45, 7) is 1.69. The zero-order valence-corrected chi connectivity index (χ0v) is 12.2. The summed E-state index contributed by atoms with van der Waals surface area (Å²) in [6, 6.07) is 9.42. The van der Waals surface area contributed by atoms with Crippen molar-refractivity contribution in [2.75, 3.05) is 0 Å². The van der Waals surface area contributed by atoms with E-state index >= 15 is 0 Å². The molecule has 0 unspecified atom stereocenters. The Bertz CT molecular complexity index is 766. The Morgan fingerprint density at radius 2 is 2.19 bits per heavy atom. The van der Waals surface area contributed by atoms with E-state index < -0.39 is 0 Å². The number of aryl methyl sites for hydroxylation is 1. The second-order valence-corrected chi connectivity index (χ2v) is 5.75. The minimum Gasteiger partial charge on any atom is -0.340 e. The maximum absolute atomic E-state index is 4.33. The number of benzene rings is 1. The van der Waals surface area contributed by atoms with E-state index in [0.29, 0.717) is 0 Å². The van der Waals surface area contributed by atoms with Crippen LogP contribution in [-0.2, 0) is 20.1 Å². The van der Waals surface area contributed by atoms with Crippen molar-refractivity contribution in [3.8, 4) is 0 Å². The first-order valence-electron chi connectivity index (χ1n) is 7.44. The Balaban J connectivity index is 1.69. The lowest BCUT2D eigenvalue weighted by atomic mass is 10.1. The summed E-state index contributed by atoms with van der Waals surface area (Å²) < 4.78 is 4.10. The number of nitrogens with zero attached hydrogens (tertiary/aromatic N) is 4. The predicted octanol–water partition coefficient (Wildman–Crippen LogP) is 2.07. The quantitative estimate of drug-likeness (QED) is 0.779. The van der Waals surface area contributed by atoms with Crippen molar-refractivity contribution in [1.29, 1.82) is 0 Å². The van der Waals surface area contributed by atoms with Crippen molar-refractivity contribution in [2.24, 2.45) is 7.05 Å². The lowest BCUT2D eigenvalue weighted by Crippen LogP contribution is -2.16. The smallest absolute Gasteiger partial charge is 0.146 e. The Morgan fingerprint density at radius 3 is 2.95 bits per heavy atom. The van der Waals surface area contributed by atoms with Gasteiger partial charge in [0.25, 0.3) is 0 Å². The zero-order valence-electron chi connectivity index (χ0n) is 12.2. The first-order valence-corrected chi connectivity index (χ1v) is 7.44. The highest BCUT2D eigenvalue weighted by Gasteiger charge is 2.20. The molecule has 1 aliphatic carbocycles. The van der Waals surface area contributed by atoms with E-state index in [0.717, 1.165) is 25.0 Å². The molecule has 1 fully saturated rings. The molecule has 1 N–H and O–H groups in total. The Kier molecular flexibility index (Phi) is 3.00. The second-order valence-electron chi connectivity index (χ2n) is 5.75. The lowest BCUT2D eigenvalue weighted by Gasteiger charge is -2.10. The molecule has 0 radical (unpaired) electrons. The van der Waals surface area contributed by atoms with Crippen LogP contribution >= 0.6 is 0 Å². The van der Waals surface area contributed by atoms with Crippen molar-refractivity contribution in [2.45, 2.75) is 32.0 Å². The van der Waals surface area contributed by atoms with Crippen LogP contribution in [0.5, 0.6) is 0 Å². The molecule has 0 amide bonds. The highest BCUT2D eigenvalue weighted by Crippen LogP contribution is 2.23. The zero-order chi connectivity index (χ0) is 14.2. The standard InChI is InChI=1S/C16H19N5/c1-20-15(18-11-19-20)10-21-8-7-12-3-2-4-13(16(12)21)9-17-14-5-6-14/h2-4,7-8,11,14,17H,5-6,9-10H2,1H3. The van der Waals surface area contributed by atoms with Gasteiger partial charge in [0.1, 0.15) is 12.2 Å². The molecule has 5 nitrogen and oxygen atoms in total. The fourth-order valence-electron chi connectivity index (χ4n) is 2.77. The second kappa shape index (κ2) is 5.00. The topological polar surface area (TPSA) is 47.7 Å². The summed E-state index contributed by atoms with van der Waals surface area (Å²) in [5.74, 6) is 0.970. The highest BCUT2D eigenvalue weighted by atomic mass is 15.3. The van der Waals surface area contributed by atoms with E-state index in [2.05, 4.69) is 50.4 Å². The number of para-hydroxylation sites is 1. The fourth-order valence-corrected chi connectivity index (χ4v) is 2.77. The molecule has 5 heteroatoms. The lowest BCUT2D eigenvalue weighted by molar-refractivity contribution is 0.658. The van der Waals surface area contributed by atoms with Crippen molar-refractivity contribution in [3.63, 3.8) is 0 Å². The number of hydrogen-bond donors (Lipinski definition) is 1. The number of rotatable bonds is 5. The maximum Gasteiger partial charge on any atom is 0.146 e. The van der Waals surface area contributed by atoms with E-state index in [9.17, 15) is 0 Å². The number of hydrogen-bond acceptors (Lipinski definition) is 3. The van der Waals surface area contributed by atoms with Crippen LogP contribution in [0.4, 0.5) is 0 Å². The molecule has 4 rings (SSSR count). The summed E-state index contributed by atoms with van der Waals surface area (Å²) in [6.07, 6.45) is 6.38. The maximum atomic E-state index is 4.33. The van der Waals surface area contributed by atoms with Crippen LogP contribution in [0, 0.1) is 0 Å². The largest absolute Gasteiger partial charge is 0.340 e. The Hall–Kier alpha value is -2.14. The minimum absolute atomic E-state index is 0.724. The van der Waals surface area contributed by atoms with Gasteiger partial charge in [0.2, 0.25) is 0 Å². The molecule has 0 spiro atoms. The number of fused-ring (bicyclic) bond motifs is 1. The van der Waals surface area contributed by atoms with Gasteiger partial charge < -0.3 is 9.88 Å². The van der Waals surface area contributed by atoms with Gasteiger partial charge in [-0.05, 0) is 29.9 Å². The summed E-state index contributed by atoms with van der Waals surface area (Å²) in [5, 5.41) is 9.04. The first kappa shape index (κ1) is 12.6. The molecule has 3 aromatic rings. The van der Waals surface area contributed by atoms with Crippen molar-refractivity contribution < 1.29 is 0 Å².